The Morgan fingerprint density at radius 3 is 2.52 bits per heavy atom. The van der Waals surface area contributed by atoms with Crippen LogP contribution in [0, 0.1) is 0 Å². The summed E-state index contributed by atoms with van der Waals surface area (Å²) in [6.07, 6.45) is 0. The molecule has 134 valence electrons. The van der Waals surface area contributed by atoms with Gasteiger partial charge in [-0.3, -0.25) is 9.69 Å². The van der Waals surface area contributed by atoms with Gasteiger partial charge in [0.1, 0.15) is 0 Å². The van der Waals surface area contributed by atoms with Gasteiger partial charge in [-0.05, 0) is 42.9 Å². The van der Waals surface area contributed by atoms with E-state index < -0.39 is 0 Å². The number of carbonyl (C=O) groups is 1. The Labute approximate surface area is 161 Å². The van der Waals surface area contributed by atoms with Gasteiger partial charge in [0.25, 0.3) is 0 Å². The molecule has 0 saturated carbocycles. The fourth-order valence-electron chi connectivity index (χ4n) is 2.37. The number of rotatable bonds is 7. The summed E-state index contributed by atoms with van der Waals surface area (Å²) < 4.78 is 11.4. The summed E-state index contributed by atoms with van der Waals surface area (Å²) in [5.41, 5.74) is 1.61. The lowest BCUT2D eigenvalue weighted by Crippen LogP contribution is -2.29. The van der Waals surface area contributed by atoms with Crippen molar-refractivity contribution in [2.24, 2.45) is 0 Å². The number of benzene rings is 2. The molecule has 7 heteroatoms. The average Bonchev–Trinajstić information content (AvgIpc) is 2.57. The van der Waals surface area contributed by atoms with Crippen molar-refractivity contribution in [2.75, 3.05) is 33.1 Å². The minimum atomic E-state index is -0.132. The standard InChI is InChI=1S/C18H20BrClN2O3/c1-22(10-12-4-7-16(24-2)17(8-12)25-3)11-18(23)21-15-6-5-13(19)9-14(15)20/h4-9H,10-11H2,1-3H3,(H,21,23). The number of nitrogens with one attached hydrogen (secondary N) is 1. The first-order valence-electron chi connectivity index (χ1n) is 7.57. The molecular formula is C18H20BrClN2O3. The number of carbonyl (C=O) groups excluding carboxylic acids is 1. The smallest absolute Gasteiger partial charge is 0.238 e. The number of amides is 1. The van der Waals surface area contributed by atoms with Gasteiger partial charge >= 0.3 is 0 Å². The molecule has 0 unspecified atom stereocenters. The summed E-state index contributed by atoms with van der Waals surface area (Å²) in [6.45, 7) is 0.836. The molecule has 1 N–H and O–H groups in total. The number of methoxy groups -OCH3 is 2. The lowest BCUT2D eigenvalue weighted by Gasteiger charge is -2.18. The Morgan fingerprint density at radius 2 is 1.88 bits per heavy atom. The Hall–Kier alpha value is -1.76. The van der Waals surface area contributed by atoms with Gasteiger partial charge in [-0.1, -0.05) is 33.6 Å². The number of nitrogens with zero attached hydrogens (tertiary/aromatic N) is 1. The molecule has 0 atom stereocenters. The summed E-state index contributed by atoms with van der Waals surface area (Å²) in [5, 5.41) is 3.31. The van der Waals surface area contributed by atoms with E-state index in [0.29, 0.717) is 28.8 Å². The Kier molecular flexibility index (Phi) is 7.11. The van der Waals surface area contributed by atoms with Crippen LogP contribution in [0.4, 0.5) is 5.69 Å². The van der Waals surface area contributed by atoms with E-state index in [9.17, 15) is 4.79 Å². The number of halogens is 2. The zero-order valence-electron chi connectivity index (χ0n) is 14.3. The predicted molar refractivity (Wildman–Crippen MR) is 104 cm³/mol. The van der Waals surface area contributed by atoms with Crippen LogP contribution in [-0.2, 0) is 11.3 Å². The molecule has 25 heavy (non-hydrogen) atoms. The van der Waals surface area contributed by atoms with Crippen molar-refractivity contribution >= 4 is 39.1 Å². The van der Waals surface area contributed by atoms with Crippen LogP contribution in [0.5, 0.6) is 11.5 Å². The van der Waals surface area contributed by atoms with Crippen molar-refractivity contribution in [2.45, 2.75) is 6.54 Å². The van der Waals surface area contributed by atoms with Crippen LogP contribution in [-0.4, -0.2) is 38.6 Å². The molecule has 0 saturated heterocycles. The SMILES string of the molecule is COc1ccc(CN(C)CC(=O)Nc2ccc(Br)cc2Cl)cc1OC. The first-order valence-corrected chi connectivity index (χ1v) is 8.74. The summed E-state index contributed by atoms with van der Waals surface area (Å²) in [5.74, 6) is 1.21. The highest BCUT2D eigenvalue weighted by Gasteiger charge is 2.11. The number of ether oxygens (including phenoxy) is 2. The molecule has 2 rings (SSSR count). The van der Waals surface area contributed by atoms with E-state index in [1.54, 1.807) is 26.4 Å². The van der Waals surface area contributed by atoms with Crippen molar-refractivity contribution in [3.8, 4) is 11.5 Å². The molecular weight excluding hydrogens is 408 g/mol. The second-order valence-corrected chi connectivity index (χ2v) is 6.86. The Bertz CT molecular complexity index is 755. The summed E-state index contributed by atoms with van der Waals surface area (Å²) in [7, 11) is 5.07. The van der Waals surface area contributed by atoms with E-state index in [4.69, 9.17) is 21.1 Å². The summed E-state index contributed by atoms with van der Waals surface area (Å²) >= 11 is 9.46. The van der Waals surface area contributed by atoms with E-state index in [1.807, 2.05) is 36.2 Å². The lowest BCUT2D eigenvalue weighted by molar-refractivity contribution is -0.117. The van der Waals surface area contributed by atoms with E-state index in [2.05, 4.69) is 21.2 Å². The van der Waals surface area contributed by atoms with Crippen LogP contribution >= 0.6 is 27.5 Å². The molecule has 5 nitrogen and oxygen atoms in total. The second kappa shape index (κ2) is 9.08. The lowest BCUT2D eigenvalue weighted by atomic mass is 10.2. The number of hydrogen-bond donors (Lipinski definition) is 1. The number of hydrogen-bond acceptors (Lipinski definition) is 4. The zero-order chi connectivity index (χ0) is 18.4. The average molecular weight is 428 g/mol. The van der Waals surface area contributed by atoms with Gasteiger partial charge in [0.2, 0.25) is 5.91 Å². The van der Waals surface area contributed by atoms with Gasteiger partial charge < -0.3 is 14.8 Å². The van der Waals surface area contributed by atoms with Crippen LogP contribution in [0.25, 0.3) is 0 Å². The van der Waals surface area contributed by atoms with Gasteiger partial charge in [-0.2, -0.15) is 0 Å². The molecule has 1 amide bonds. The van der Waals surface area contributed by atoms with Crippen molar-refractivity contribution < 1.29 is 14.3 Å². The van der Waals surface area contributed by atoms with Crippen LogP contribution in [0.1, 0.15) is 5.56 Å². The first kappa shape index (κ1) is 19.6. The van der Waals surface area contributed by atoms with Gasteiger partial charge in [0.05, 0.1) is 31.5 Å². The predicted octanol–water partition coefficient (Wildman–Crippen LogP) is 4.19. The van der Waals surface area contributed by atoms with Crippen LogP contribution < -0.4 is 14.8 Å². The van der Waals surface area contributed by atoms with Crippen LogP contribution in [0.2, 0.25) is 5.02 Å². The molecule has 0 aromatic heterocycles. The van der Waals surface area contributed by atoms with Crippen LogP contribution in [0.3, 0.4) is 0 Å². The van der Waals surface area contributed by atoms with Gasteiger partial charge in [0, 0.05) is 11.0 Å². The van der Waals surface area contributed by atoms with E-state index in [0.717, 1.165) is 10.0 Å². The van der Waals surface area contributed by atoms with Crippen molar-refractivity contribution in [1.82, 2.24) is 4.90 Å². The largest absolute Gasteiger partial charge is 0.493 e. The summed E-state index contributed by atoms with van der Waals surface area (Å²) in [4.78, 5) is 14.1. The molecule has 0 spiro atoms. The number of anilines is 1. The van der Waals surface area contributed by atoms with Crippen molar-refractivity contribution in [3.63, 3.8) is 0 Å². The van der Waals surface area contributed by atoms with E-state index in [1.165, 1.54) is 0 Å². The third kappa shape index (κ3) is 5.63. The van der Waals surface area contributed by atoms with Crippen molar-refractivity contribution in [1.29, 1.82) is 0 Å². The number of likely N-dealkylation sites (N-methyl/N-ethyl adjacent to an activating group) is 1. The normalized spacial score (nSPS) is 10.6. The topological polar surface area (TPSA) is 50.8 Å². The quantitative estimate of drug-likeness (QED) is 0.720. The molecule has 0 bridgehead atoms. The highest BCUT2D eigenvalue weighted by molar-refractivity contribution is 9.10. The highest BCUT2D eigenvalue weighted by atomic mass is 79.9. The van der Waals surface area contributed by atoms with Gasteiger partial charge in [-0.25, -0.2) is 0 Å². The highest BCUT2D eigenvalue weighted by Crippen LogP contribution is 2.28. The van der Waals surface area contributed by atoms with Crippen molar-refractivity contribution in [3.05, 3.63) is 51.5 Å². The zero-order valence-corrected chi connectivity index (χ0v) is 16.6. The fraction of sp³-hybridized carbons (Fsp3) is 0.278. The first-order chi connectivity index (χ1) is 11.9. The monoisotopic (exact) mass is 426 g/mol. The molecule has 0 heterocycles. The molecule has 0 aliphatic heterocycles. The fourth-order valence-corrected chi connectivity index (χ4v) is 3.09. The molecule has 0 aliphatic rings. The van der Waals surface area contributed by atoms with E-state index in [-0.39, 0.29) is 12.5 Å². The molecule has 2 aromatic rings. The molecule has 0 fully saturated rings. The maximum absolute atomic E-state index is 12.2. The van der Waals surface area contributed by atoms with Gasteiger partial charge in [0.15, 0.2) is 11.5 Å². The van der Waals surface area contributed by atoms with Crippen LogP contribution in [0.15, 0.2) is 40.9 Å². The maximum Gasteiger partial charge on any atom is 0.238 e. The van der Waals surface area contributed by atoms with Gasteiger partial charge in [-0.15, -0.1) is 0 Å². The molecule has 0 aliphatic carbocycles. The second-order valence-electron chi connectivity index (χ2n) is 5.53. The Balaban J connectivity index is 1.95. The minimum absolute atomic E-state index is 0.132. The summed E-state index contributed by atoms with van der Waals surface area (Å²) in [6, 6.07) is 11.0. The maximum atomic E-state index is 12.2. The minimum Gasteiger partial charge on any atom is -0.493 e. The van der Waals surface area contributed by atoms with E-state index >= 15 is 0 Å². The Morgan fingerprint density at radius 1 is 1.16 bits per heavy atom. The third-order valence-corrected chi connectivity index (χ3v) is 4.33. The third-order valence-electron chi connectivity index (χ3n) is 3.52. The molecule has 2 aromatic carbocycles. The molecule has 0 radical (unpaired) electrons.